The van der Waals surface area contributed by atoms with Crippen LogP contribution < -0.4 is 0 Å². The van der Waals surface area contributed by atoms with E-state index in [1.54, 1.807) is 0 Å². The molecule has 1 aliphatic rings. The van der Waals surface area contributed by atoms with Gasteiger partial charge in [0, 0.05) is 38.3 Å². The minimum atomic E-state index is -0.159. The van der Waals surface area contributed by atoms with Crippen molar-refractivity contribution in [3.8, 4) is 0 Å². The first-order valence-electron chi connectivity index (χ1n) is 11.0. The van der Waals surface area contributed by atoms with Crippen LogP contribution >= 0.6 is 0 Å². The van der Waals surface area contributed by atoms with Crippen molar-refractivity contribution in [1.82, 2.24) is 4.90 Å². The predicted octanol–water partition coefficient (Wildman–Crippen LogP) is 4.47. The lowest BCUT2D eigenvalue weighted by Crippen LogP contribution is -2.40. The zero-order valence-corrected chi connectivity index (χ0v) is 17.7. The second-order valence-corrected chi connectivity index (χ2v) is 7.97. The van der Waals surface area contributed by atoms with Crippen molar-refractivity contribution in [3.63, 3.8) is 0 Å². The fraction of sp³-hybridized carbons (Fsp3) is 0.625. The molecule has 0 spiro atoms. The molecule has 1 heterocycles. The highest BCUT2D eigenvalue weighted by atomic mass is 16.5. The van der Waals surface area contributed by atoms with Gasteiger partial charge in [-0.15, -0.1) is 0 Å². The van der Waals surface area contributed by atoms with Crippen molar-refractivity contribution in [3.05, 3.63) is 35.9 Å². The molecule has 160 valence electrons. The summed E-state index contributed by atoms with van der Waals surface area (Å²) in [4.78, 5) is 38.2. The lowest BCUT2D eigenvalue weighted by Gasteiger charge is -2.30. The van der Waals surface area contributed by atoms with Gasteiger partial charge in [-0.25, -0.2) is 0 Å². The number of hydrogen-bond acceptors (Lipinski definition) is 4. The normalized spacial score (nSPS) is 17.1. The number of Topliss-reactive ketones (excluding diaryl/α,β-unsaturated/α-hetero) is 1. The largest absolute Gasteiger partial charge is 0.469 e. The van der Waals surface area contributed by atoms with Gasteiger partial charge < -0.3 is 9.64 Å². The fourth-order valence-electron chi connectivity index (χ4n) is 4.01. The summed E-state index contributed by atoms with van der Waals surface area (Å²) in [6, 6.07) is 10.0. The number of likely N-dealkylation sites (tertiary alicyclic amines) is 1. The van der Waals surface area contributed by atoms with Crippen LogP contribution in [-0.4, -0.2) is 42.3 Å². The zero-order chi connectivity index (χ0) is 20.9. The summed E-state index contributed by atoms with van der Waals surface area (Å²) in [6.45, 7) is 0.759. The average molecular weight is 402 g/mol. The zero-order valence-electron chi connectivity index (χ0n) is 17.7. The summed E-state index contributed by atoms with van der Waals surface area (Å²) in [6.07, 6.45) is 9.59. The quantitative estimate of drug-likeness (QED) is 0.383. The van der Waals surface area contributed by atoms with E-state index in [2.05, 4.69) is 4.74 Å². The van der Waals surface area contributed by atoms with Crippen LogP contribution in [0.25, 0.3) is 0 Å². The van der Waals surface area contributed by atoms with Gasteiger partial charge in [0.2, 0.25) is 5.91 Å². The molecule has 0 aliphatic carbocycles. The Morgan fingerprint density at radius 3 is 2.55 bits per heavy atom. The monoisotopic (exact) mass is 401 g/mol. The van der Waals surface area contributed by atoms with Crippen LogP contribution in [-0.2, 0) is 25.5 Å². The van der Waals surface area contributed by atoms with E-state index in [0.29, 0.717) is 25.7 Å². The number of rotatable bonds is 12. The van der Waals surface area contributed by atoms with Gasteiger partial charge in [-0.1, -0.05) is 49.6 Å². The molecule has 2 rings (SSSR count). The second-order valence-electron chi connectivity index (χ2n) is 7.97. The number of benzene rings is 1. The van der Waals surface area contributed by atoms with Gasteiger partial charge in [-0.05, 0) is 37.7 Å². The Hall–Kier alpha value is -2.17. The fourth-order valence-corrected chi connectivity index (χ4v) is 4.01. The highest BCUT2D eigenvalue weighted by Crippen LogP contribution is 2.23. The van der Waals surface area contributed by atoms with Crippen LogP contribution in [0.2, 0.25) is 0 Å². The molecule has 0 aromatic heterocycles. The number of carbonyl (C=O) groups is 3. The molecule has 1 saturated heterocycles. The molecule has 1 amide bonds. The Morgan fingerprint density at radius 2 is 1.79 bits per heavy atom. The highest BCUT2D eigenvalue weighted by Gasteiger charge is 2.26. The summed E-state index contributed by atoms with van der Waals surface area (Å²) in [5.41, 5.74) is 1.05. The van der Waals surface area contributed by atoms with Crippen molar-refractivity contribution in [2.75, 3.05) is 13.7 Å². The minimum Gasteiger partial charge on any atom is -0.469 e. The average Bonchev–Trinajstić information content (AvgIpc) is 2.90. The number of hydrogen-bond donors (Lipinski definition) is 0. The van der Waals surface area contributed by atoms with Crippen LogP contribution in [0.1, 0.15) is 76.2 Å². The van der Waals surface area contributed by atoms with Crippen molar-refractivity contribution < 1.29 is 19.1 Å². The summed E-state index contributed by atoms with van der Waals surface area (Å²) in [5, 5.41) is 0. The Labute approximate surface area is 174 Å². The van der Waals surface area contributed by atoms with E-state index in [1.165, 1.54) is 7.11 Å². The van der Waals surface area contributed by atoms with Gasteiger partial charge in [0.05, 0.1) is 7.11 Å². The first-order valence-corrected chi connectivity index (χ1v) is 11.0. The summed E-state index contributed by atoms with van der Waals surface area (Å²) in [7, 11) is 1.41. The molecule has 0 N–H and O–H groups in total. The van der Waals surface area contributed by atoms with Crippen molar-refractivity contribution in [1.29, 1.82) is 0 Å². The lowest BCUT2D eigenvalue weighted by molar-refractivity contribution is -0.140. The van der Waals surface area contributed by atoms with Crippen LogP contribution in [0.5, 0.6) is 0 Å². The second kappa shape index (κ2) is 13.1. The minimum absolute atomic E-state index is 0.159. The Balaban J connectivity index is 1.76. The van der Waals surface area contributed by atoms with Crippen molar-refractivity contribution >= 4 is 17.7 Å². The van der Waals surface area contributed by atoms with Crippen molar-refractivity contribution in [2.24, 2.45) is 0 Å². The Kier molecular flexibility index (Phi) is 10.5. The molecular formula is C24H35NO4. The van der Waals surface area contributed by atoms with Gasteiger partial charge in [0.15, 0.2) is 0 Å². The Bertz CT molecular complexity index is 644. The van der Waals surface area contributed by atoms with Crippen LogP contribution in [0, 0.1) is 0 Å². The van der Waals surface area contributed by atoms with Gasteiger partial charge in [-0.3, -0.25) is 14.4 Å². The Morgan fingerprint density at radius 1 is 1.03 bits per heavy atom. The molecule has 1 fully saturated rings. The van der Waals surface area contributed by atoms with E-state index in [9.17, 15) is 14.4 Å². The first-order chi connectivity index (χ1) is 14.1. The van der Waals surface area contributed by atoms with Gasteiger partial charge in [-0.2, -0.15) is 0 Å². The van der Waals surface area contributed by atoms with Crippen molar-refractivity contribution in [2.45, 2.75) is 83.1 Å². The molecule has 1 aromatic rings. The molecule has 1 atom stereocenters. The molecule has 1 aliphatic heterocycles. The van der Waals surface area contributed by atoms with E-state index in [1.807, 2.05) is 35.2 Å². The molecular weight excluding hydrogens is 366 g/mol. The number of esters is 1. The van der Waals surface area contributed by atoms with E-state index < -0.39 is 0 Å². The summed E-state index contributed by atoms with van der Waals surface area (Å²) < 4.78 is 4.66. The number of methoxy groups -OCH3 is 1. The van der Waals surface area contributed by atoms with Crippen LogP contribution in [0.15, 0.2) is 30.3 Å². The maximum absolute atomic E-state index is 12.6. The summed E-state index contributed by atoms with van der Waals surface area (Å²) >= 11 is 0. The van der Waals surface area contributed by atoms with Crippen LogP contribution in [0.4, 0.5) is 0 Å². The standard InChI is InChI=1S/C24H35NO4/c1-29-24(28)15-7-2-3-10-18-25-21(13-8-9-14-23(25)27)16-17-22(26)19-20-11-5-4-6-12-20/h4-6,11-12,21H,2-3,7-10,13-19H2,1H3. The van der Waals surface area contributed by atoms with E-state index in [-0.39, 0.29) is 23.7 Å². The molecule has 5 nitrogen and oxygen atoms in total. The topological polar surface area (TPSA) is 63.7 Å². The molecule has 1 aromatic carbocycles. The smallest absolute Gasteiger partial charge is 0.305 e. The molecule has 0 saturated carbocycles. The number of ether oxygens (including phenoxy) is 1. The number of unbranched alkanes of at least 4 members (excludes halogenated alkanes) is 3. The SMILES string of the molecule is COC(=O)CCCCCCN1C(=O)CCCCC1CCC(=O)Cc1ccccc1. The van der Waals surface area contributed by atoms with Crippen LogP contribution in [0.3, 0.4) is 0 Å². The third kappa shape index (κ3) is 8.80. The lowest BCUT2D eigenvalue weighted by atomic mass is 9.99. The van der Waals surface area contributed by atoms with Gasteiger partial charge >= 0.3 is 5.97 Å². The van der Waals surface area contributed by atoms with E-state index in [4.69, 9.17) is 0 Å². The highest BCUT2D eigenvalue weighted by molar-refractivity contribution is 5.81. The number of nitrogens with zero attached hydrogens (tertiary/aromatic N) is 1. The summed E-state index contributed by atoms with van der Waals surface area (Å²) in [5.74, 6) is 0.321. The number of ketones is 1. The number of amides is 1. The third-order valence-electron chi connectivity index (χ3n) is 5.70. The maximum atomic E-state index is 12.6. The van der Waals surface area contributed by atoms with Gasteiger partial charge in [0.25, 0.3) is 0 Å². The maximum Gasteiger partial charge on any atom is 0.305 e. The molecule has 0 radical (unpaired) electrons. The molecule has 29 heavy (non-hydrogen) atoms. The third-order valence-corrected chi connectivity index (χ3v) is 5.70. The molecule has 1 unspecified atom stereocenters. The van der Waals surface area contributed by atoms with Gasteiger partial charge in [0.1, 0.15) is 5.78 Å². The predicted molar refractivity (Wildman–Crippen MR) is 113 cm³/mol. The molecule has 5 heteroatoms. The molecule has 0 bridgehead atoms. The van der Waals surface area contributed by atoms with E-state index in [0.717, 1.165) is 63.5 Å². The first kappa shape index (κ1) is 23.1. The number of carbonyl (C=O) groups excluding carboxylic acids is 3. The van der Waals surface area contributed by atoms with E-state index >= 15 is 0 Å².